The normalized spacial score (nSPS) is 17.8. The average molecular weight is 562 g/mol. The molecule has 2 aliphatic rings. The molecule has 0 unspecified atom stereocenters. The van der Waals surface area contributed by atoms with Crippen molar-refractivity contribution in [3.8, 4) is 22.6 Å². The second-order valence-corrected chi connectivity index (χ2v) is 13.8. The summed E-state index contributed by atoms with van der Waals surface area (Å²) in [6.45, 7) is 7.21. The zero-order valence-electron chi connectivity index (χ0n) is 23.3. The maximum absolute atomic E-state index is 13.7. The van der Waals surface area contributed by atoms with Crippen LogP contribution in [0.4, 0.5) is 4.79 Å². The van der Waals surface area contributed by atoms with Gasteiger partial charge in [-0.25, -0.2) is 0 Å². The quantitative estimate of drug-likeness (QED) is 0.237. The summed E-state index contributed by atoms with van der Waals surface area (Å²) in [7, 11) is -1.46. The SMILES string of the molecule is CC(C)OC(=O)N1N=C(OC(C)C)OP12(N(C)C)Oc1ccc3ccccc3c1-c1c(ccc3ccccc13)O2. The Morgan fingerprint density at radius 3 is 1.77 bits per heavy atom. The molecule has 4 aromatic carbocycles. The van der Waals surface area contributed by atoms with Crippen LogP contribution in [-0.2, 0) is 14.0 Å². The number of hydrazone groups is 1. The second kappa shape index (κ2) is 9.25. The fraction of sp³-hybridized carbons (Fsp3) is 0.267. The van der Waals surface area contributed by atoms with Gasteiger partial charge in [0.2, 0.25) is 0 Å². The number of nitrogens with zero attached hydrogens (tertiary/aromatic N) is 3. The van der Waals surface area contributed by atoms with Crippen LogP contribution >= 0.6 is 7.59 Å². The Labute approximate surface area is 233 Å². The first-order valence-electron chi connectivity index (χ1n) is 13.2. The third-order valence-corrected chi connectivity index (χ3v) is 10.5. The third-order valence-electron chi connectivity index (χ3n) is 6.77. The molecule has 0 saturated carbocycles. The van der Waals surface area contributed by atoms with E-state index in [4.69, 9.17) is 23.0 Å². The topological polar surface area (TPSA) is 82.1 Å². The molecule has 1 spiro atoms. The van der Waals surface area contributed by atoms with Crippen LogP contribution in [0, 0.1) is 0 Å². The van der Waals surface area contributed by atoms with Crippen molar-refractivity contribution >= 4 is 41.3 Å². The molecule has 0 aliphatic carbocycles. The fourth-order valence-electron chi connectivity index (χ4n) is 5.07. The summed E-state index contributed by atoms with van der Waals surface area (Å²) in [4.78, 5) is 13.7. The Morgan fingerprint density at radius 1 is 0.775 bits per heavy atom. The van der Waals surface area contributed by atoms with Gasteiger partial charge in [-0.2, -0.15) is 0 Å². The monoisotopic (exact) mass is 561 g/mol. The van der Waals surface area contributed by atoms with E-state index < -0.39 is 19.8 Å². The van der Waals surface area contributed by atoms with E-state index >= 15 is 0 Å². The second-order valence-electron chi connectivity index (χ2n) is 10.5. The number of ether oxygens (including phenoxy) is 2. The van der Waals surface area contributed by atoms with E-state index in [1.807, 2.05) is 74.5 Å². The number of hydrogen-bond donors (Lipinski definition) is 0. The van der Waals surface area contributed by atoms with Crippen LogP contribution in [0.15, 0.2) is 77.9 Å². The van der Waals surface area contributed by atoms with Crippen molar-refractivity contribution in [2.24, 2.45) is 5.10 Å². The van der Waals surface area contributed by atoms with Gasteiger partial charge in [0.1, 0.15) is 0 Å². The van der Waals surface area contributed by atoms with Gasteiger partial charge in [0.25, 0.3) is 0 Å². The van der Waals surface area contributed by atoms with Crippen molar-refractivity contribution in [3.63, 3.8) is 0 Å². The van der Waals surface area contributed by atoms with Gasteiger partial charge in [-0.3, -0.25) is 0 Å². The van der Waals surface area contributed by atoms with Crippen molar-refractivity contribution in [1.82, 2.24) is 9.45 Å². The van der Waals surface area contributed by atoms with Crippen LogP contribution < -0.4 is 9.05 Å². The average Bonchev–Trinajstić information content (AvgIpc) is 3.15. The van der Waals surface area contributed by atoms with Crippen LogP contribution in [0.3, 0.4) is 0 Å². The van der Waals surface area contributed by atoms with E-state index in [-0.39, 0.29) is 12.2 Å². The Morgan fingerprint density at radius 2 is 1.30 bits per heavy atom. The van der Waals surface area contributed by atoms with E-state index in [0.29, 0.717) is 11.5 Å². The first-order chi connectivity index (χ1) is 19.1. The summed E-state index contributed by atoms with van der Waals surface area (Å²) in [6, 6.07) is 23.9. The standard InChI is InChI=1S/C30H32N3O6P/c1-19(2)35-29-31-33(30(34)36-20(3)4)40(39-29,32(5)6)37-25-17-15-21-11-7-9-13-23(21)27(25)28-24-14-10-8-12-22(24)16-18-26(28)38-40/h7-20H,1-6H3. The van der Waals surface area contributed by atoms with Crippen LogP contribution in [0.2, 0.25) is 0 Å². The number of amides is 1. The molecule has 9 nitrogen and oxygen atoms in total. The Bertz CT molecular complexity index is 1600. The summed E-state index contributed by atoms with van der Waals surface area (Å²) in [5.74, 6) is 0.951. The molecule has 1 amide bonds. The summed E-state index contributed by atoms with van der Waals surface area (Å²) in [6.07, 6.45) is -1.65. The maximum atomic E-state index is 13.7. The van der Waals surface area contributed by atoms with Crippen molar-refractivity contribution in [2.45, 2.75) is 39.9 Å². The van der Waals surface area contributed by atoms with Gasteiger partial charge in [-0.15, -0.1) is 0 Å². The molecule has 0 radical (unpaired) electrons. The molecule has 0 N–H and O–H groups in total. The van der Waals surface area contributed by atoms with Crippen molar-refractivity contribution in [3.05, 3.63) is 72.8 Å². The molecule has 40 heavy (non-hydrogen) atoms. The van der Waals surface area contributed by atoms with Crippen molar-refractivity contribution in [2.75, 3.05) is 14.1 Å². The van der Waals surface area contributed by atoms with Crippen LogP contribution in [-0.4, -0.2) is 47.9 Å². The zero-order chi connectivity index (χ0) is 28.3. The Hall–Kier alpha value is -4.07. The van der Waals surface area contributed by atoms with Gasteiger partial charge in [0.05, 0.1) is 0 Å². The zero-order valence-corrected chi connectivity index (χ0v) is 24.2. The molecule has 2 heterocycles. The molecule has 6 rings (SSSR count). The molecular weight excluding hydrogens is 529 g/mol. The van der Waals surface area contributed by atoms with Gasteiger partial charge in [0.15, 0.2) is 0 Å². The van der Waals surface area contributed by atoms with Gasteiger partial charge in [-0.05, 0) is 0 Å². The minimum absolute atomic E-state index is 0.145. The molecule has 10 heteroatoms. The summed E-state index contributed by atoms with van der Waals surface area (Å²) in [5.41, 5.74) is 1.65. The predicted molar refractivity (Wildman–Crippen MR) is 157 cm³/mol. The molecule has 208 valence electrons. The van der Waals surface area contributed by atoms with E-state index in [2.05, 4.69) is 17.2 Å². The minimum atomic E-state index is -4.92. The molecule has 2 aliphatic heterocycles. The fourth-order valence-corrected chi connectivity index (χ4v) is 8.11. The predicted octanol–water partition coefficient (Wildman–Crippen LogP) is 7.69. The number of fused-ring (bicyclic) bond motifs is 7. The number of carbonyl (C=O) groups excluding carboxylic acids is 1. The molecule has 4 aromatic rings. The molecule has 0 saturated heterocycles. The number of rotatable bonds is 3. The Kier molecular flexibility index (Phi) is 6.05. The Balaban J connectivity index is 1.71. The molecule has 0 fully saturated rings. The van der Waals surface area contributed by atoms with Gasteiger partial charge >= 0.3 is 233 Å². The number of benzene rings is 4. The van der Waals surface area contributed by atoms with Crippen molar-refractivity contribution in [1.29, 1.82) is 0 Å². The van der Waals surface area contributed by atoms with Gasteiger partial charge in [-0.1, -0.05) is 0 Å². The molecule has 0 atom stereocenters. The summed E-state index contributed by atoms with van der Waals surface area (Å²) >= 11 is 0. The number of carbonyl (C=O) groups is 1. The number of hydrogen-bond acceptors (Lipinski definition) is 8. The summed E-state index contributed by atoms with van der Waals surface area (Å²) < 4.78 is 34.7. The first-order valence-corrected chi connectivity index (χ1v) is 15.1. The third kappa shape index (κ3) is 3.84. The van der Waals surface area contributed by atoms with E-state index in [1.165, 1.54) is 0 Å². The van der Waals surface area contributed by atoms with E-state index in [0.717, 1.165) is 37.5 Å². The molecular formula is C30H32N3O6P. The van der Waals surface area contributed by atoms with Gasteiger partial charge in [0, 0.05) is 0 Å². The molecule has 0 aromatic heterocycles. The van der Waals surface area contributed by atoms with Crippen LogP contribution in [0.25, 0.3) is 32.7 Å². The van der Waals surface area contributed by atoms with E-state index in [9.17, 15) is 4.79 Å². The van der Waals surface area contributed by atoms with Crippen molar-refractivity contribution < 1.29 is 27.8 Å². The first kappa shape index (κ1) is 26.2. The van der Waals surface area contributed by atoms with Crippen LogP contribution in [0.5, 0.6) is 11.5 Å². The van der Waals surface area contributed by atoms with E-state index in [1.54, 1.807) is 32.6 Å². The summed E-state index contributed by atoms with van der Waals surface area (Å²) in [5, 5.41) is 8.45. The molecule has 0 bridgehead atoms. The van der Waals surface area contributed by atoms with Crippen LogP contribution in [0.1, 0.15) is 27.7 Å². The van der Waals surface area contributed by atoms with Gasteiger partial charge < -0.3 is 0 Å².